The zero-order valence-electron chi connectivity index (χ0n) is 12.7. The number of fused-ring (bicyclic) bond motifs is 1. The zero-order chi connectivity index (χ0) is 14.5. The Bertz CT molecular complexity index is 578. The highest BCUT2D eigenvalue weighted by Gasteiger charge is 2.26. The molecule has 3 rings (SSSR count). The molecule has 3 heteroatoms. The topological polar surface area (TPSA) is 34.2 Å². The summed E-state index contributed by atoms with van der Waals surface area (Å²) >= 11 is 0. The van der Waals surface area contributed by atoms with Crippen molar-refractivity contribution in [1.82, 2.24) is 10.3 Å². The summed E-state index contributed by atoms with van der Waals surface area (Å²) in [6.45, 7) is 4.98. The van der Waals surface area contributed by atoms with Crippen molar-refractivity contribution < 1.29 is 4.74 Å². The van der Waals surface area contributed by atoms with Gasteiger partial charge in [-0.15, -0.1) is 0 Å². The van der Waals surface area contributed by atoms with Crippen LogP contribution in [0.1, 0.15) is 37.9 Å². The van der Waals surface area contributed by atoms with Gasteiger partial charge in [0.05, 0.1) is 23.9 Å². The first-order valence-electron chi connectivity index (χ1n) is 8.05. The smallest absolute Gasteiger partial charge is 0.0706 e. The fraction of sp³-hybridized carbons (Fsp3) is 0.500. The third kappa shape index (κ3) is 3.42. The van der Waals surface area contributed by atoms with Crippen LogP contribution in [-0.4, -0.2) is 24.7 Å². The minimum atomic E-state index is 0.301. The molecule has 0 spiro atoms. The Kier molecular flexibility index (Phi) is 4.84. The second kappa shape index (κ2) is 7.01. The summed E-state index contributed by atoms with van der Waals surface area (Å²) in [5.41, 5.74) is 2.23. The van der Waals surface area contributed by atoms with Crippen molar-refractivity contribution in [2.75, 3.05) is 19.8 Å². The summed E-state index contributed by atoms with van der Waals surface area (Å²) in [5.74, 6) is 0.527. The molecule has 21 heavy (non-hydrogen) atoms. The van der Waals surface area contributed by atoms with E-state index in [0.717, 1.165) is 43.8 Å². The van der Waals surface area contributed by atoms with Crippen molar-refractivity contribution >= 4 is 10.9 Å². The van der Waals surface area contributed by atoms with E-state index >= 15 is 0 Å². The van der Waals surface area contributed by atoms with E-state index < -0.39 is 0 Å². The molecule has 1 aliphatic heterocycles. The number of nitrogens with zero attached hydrogens (tertiary/aromatic N) is 1. The van der Waals surface area contributed by atoms with Gasteiger partial charge in [-0.1, -0.05) is 31.2 Å². The van der Waals surface area contributed by atoms with Crippen molar-refractivity contribution in [3.05, 3.63) is 42.1 Å². The second-order valence-electron chi connectivity index (χ2n) is 5.84. The summed E-state index contributed by atoms with van der Waals surface area (Å²) in [5, 5.41) is 4.88. The highest BCUT2D eigenvalue weighted by atomic mass is 16.5. The molecule has 2 aromatic rings. The van der Waals surface area contributed by atoms with Gasteiger partial charge < -0.3 is 10.1 Å². The number of rotatable bonds is 5. The predicted molar refractivity (Wildman–Crippen MR) is 86.3 cm³/mol. The van der Waals surface area contributed by atoms with Gasteiger partial charge in [0.15, 0.2) is 0 Å². The van der Waals surface area contributed by atoms with Crippen LogP contribution in [0.3, 0.4) is 0 Å². The molecule has 0 saturated carbocycles. The summed E-state index contributed by atoms with van der Waals surface area (Å²) < 4.78 is 5.68. The van der Waals surface area contributed by atoms with Crippen LogP contribution in [-0.2, 0) is 4.74 Å². The molecular weight excluding hydrogens is 260 g/mol. The van der Waals surface area contributed by atoms with Crippen molar-refractivity contribution in [3.63, 3.8) is 0 Å². The molecule has 1 saturated heterocycles. The third-order valence-electron chi connectivity index (χ3n) is 4.22. The van der Waals surface area contributed by atoms with E-state index in [-0.39, 0.29) is 0 Å². The summed E-state index contributed by atoms with van der Waals surface area (Å²) in [6.07, 6.45) is 3.51. The van der Waals surface area contributed by atoms with Crippen molar-refractivity contribution in [3.8, 4) is 0 Å². The molecule has 2 atom stereocenters. The first-order chi connectivity index (χ1) is 10.4. The Hall–Kier alpha value is -1.45. The molecule has 1 aromatic carbocycles. The van der Waals surface area contributed by atoms with Crippen LogP contribution in [0.15, 0.2) is 36.4 Å². The number of pyridine rings is 1. The molecule has 1 fully saturated rings. The lowest BCUT2D eigenvalue weighted by Gasteiger charge is -2.30. The van der Waals surface area contributed by atoms with Gasteiger partial charge in [-0.25, -0.2) is 0 Å². The maximum Gasteiger partial charge on any atom is 0.0706 e. The van der Waals surface area contributed by atoms with Crippen LogP contribution >= 0.6 is 0 Å². The van der Waals surface area contributed by atoms with Crippen LogP contribution in [0.2, 0.25) is 0 Å². The van der Waals surface area contributed by atoms with Gasteiger partial charge >= 0.3 is 0 Å². The molecule has 3 nitrogen and oxygen atoms in total. The third-order valence-corrected chi connectivity index (χ3v) is 4.22. The van der Waals surface area contributed by atoms with Gasteiger partial charge in [0, 0.05) is 17.9 Å². The van der Waals surface area contributed by atoms with Crippen LogP contribution in [0.4, 0.5) is 0 Å². The quantitative estimate of drug-likeness (QED) is 0.909. The Balaban J connectivity index is 1.88. The fourth-order valence-electron chi connectivity index (χ4n) is 3.10. The summed E-state index contributed by atoms with van der Waals surface area (Å²) in [4.78, 5) is 4.89. The van der Waals surface area contributed by atoms with E-state index in [2.05, 4.69) is 48.6 Å². The van der Waals surface area contributed by atoms with Gasteiger partial charge in [0.25, 0.3) is 0 Å². The van der Waals surface area contributed by atoms with Crippen LogP contribution < -0.4 is 5.32 Å². The van der Waals surface area contributed by atoms with Crippen LogP contribution in [0.5, 0.6) is 0 Å². The average Bonchev–Trinajstić information content (AvgIpc) is 2.56. The molecular formula is C18H24N2O. The largest absolute Gasteiger partial charge is 0.381 e. The monoisotopic (exact) mass is 284 g/mol. The van der Waals surface area contributed by atoms with Crippen LogP contribution in [0.25, 0.3) is 10.9 Å². The normalized spacial score (nSPS) is 20.5. The van der Waals surface area contributed by atoms with E-state index in [0.29, 0.717) is 12.0 Å². The first-order valence-corrected chi connectivity index (χ1v) is 8.05. The summed E-state index contributed by atoms with van der Waals surface area (Å²) in [7, 11) is 0. The first kappa shape index (κ1) is 14.5. The molecule has 1 aliphatic rings. The Morgan fingerprint density at radius 3 is 3.00 bits per heavy atom. The van der Waals surface area contributed by atoms with Crippen molar-refractivity contribution in [1.29, 1.82) is 0 Å². The van der Waals surface area contributed by atoms with Crippen molar-refractivity contribution in [2.24, 2.45) is 5.92 Å². The Labute approximate surface area is 126 Å². The lowest BCUT2D eigenvalue weighted by Crippen LogP contribution is -2.34. The minimum absolute atomic E-state index is 0.301. The summed E-state index contributed by atoms with van der Waals surface area (Å²) in [6, 6.07) is 13.0. The molecule has 1 N–H and O–H groups in total. The SMILES string of the molecule is CCCNC(c1ccc2ccccc2n1)C1CCCOC1. The fourth-order valence-corrected chi connectivity index (χ4v) is 3.10. The highest BCUT2D eigenvalue weighted by molar-refractivity contribution is 5.78. The van der Waals surface area contributed by atoms with Gasteiger partial charge in [0.2, 0.25) is 0 Å². The maximum absolute atomic E-state index is 5.68. The Morgan fingerprint density at radius 2 is 2.19 bits per heavy atom. The van der Waals surface area contributed by atoms with E-state index in [1.54, 1.807) is 0 Å². The van der Waals surface area contributed by atoms with Crippen molar-refractivity contribution in [2.45, 2.75) is 32.2 Å². The maximum atomic E-state index is 5.68. The Morgan fingerprint density at radius 1 is 1.29 bits per heavy atom. The standard InChI is InChI=1S/C18H24N2O/c1-2-11-19-18(15-7-5-12-21-13-15)17-10-9-14-6-3-4-8-16(14)20-17/h3-4,6,8-10,15,18-19H,2,5,7,11-13H2,1H3. The van der Waals surface area contributed by atoms with Gasteiger partial charge in [0.1, 0.15) is 0 Å². The zero-order valence-corrected chi connectivity index (χ0v) is 12.7. The second-order valence-corrected chi connectivity index (χ2v) is 5.84. The molecule has 2 unspecified atom stereocenters. The number of hydrogen-bond acceptors (Lipinski definition) is 3. The molecule has 1 aromatic heterocycles. The average molecular weight is 284 g/mol. The molecule has 112 valence electrons. The van der Waals surface area contributed by atoms with E-state index in [9.17, 15) is 0 Å². The number of aromatic nitrogens is 1. The van der Waals surface area contributed by atoms with Gasteiger partial charge in [-0.3, -0.25) is 4.98 Å². The molecule has 0 aliphatic carbocycles. The predicted octanol–water partition coefficient (Wildman–Crippen LogP) is 3.70. The molecule has 0 bridgehead atoms. The number of nitrogens with one attached hydrogen (secondary N) is 1. The molecule has 2 heterocycles. The molecule has 0 radical (unpaired) electrons. The van der Waals surface area contributed by atoms with E-state index in [1.807, 2.05) is 0 Å². The number of para-hydroxylation sites is 1. The van der Waals surface area contributed by atoms with E-state index in [1.165, 1.54) is 11.8 Å². The van der Waals surface area contributed by atoms with E-state index in [4.69, 9.17) is 9.72 Å². The van der Waals surface area contributed by atoms with Crippen LogP contribution in [0, 0.1) is 5.92 Å². The minimum Gasteiger partial charge on any atom is -0.381 e. The lowest BCUT2D eigenvalue weighted by molar-refractivity contribution is 0.0384. The number of hydrogen-bond donors (Lipinski definition) is 1. The number of ether oxygens (including phenoxy) is 1. The lowest BCUT2D eigenvalue weighted by atomic mass is 9.91. The molecule has 0 amide bonds. The number of benzene rings is 1. The highest BCUT2D eigenvalue weighted by Crippen LogP contribution is 2.29. The van der Waals surface area contributed by atoms with Gasteiger partial charge in [-0.05, 0) is 37.9 Å². The van der Waals surface area contributed by atoms with Gasteiger partial charge in [-0.2, -0.15) is 0 Å².